The summed E-state index contributed by atoms with van der Waals surface area (Å²) in [6.45, 7) is 0.502. The molecule has 1 aliphatic carbocycles. The van der Waals surface area contributed by atoms with Gasteiger partial charge in [-0.05, 0) is 37.8 Å². The smallest absolute Gasteiger partial charge is 0.327 e. The predicted molar refractivity (Wildman–Crippen MR) is 88.8 cm³/mol. The number of hydrogen-bond donors (Lipinski definition) is 1. The first-order chi connectivity index (χ1) is 12.1. The lowest BCUT2D eigenvalue weighted by molar-refractivity contribution is -0.130. The molecule has 3 aliphatic rings. The lowest BCUT2D eigenvalue weighted by Gasteiger charge is -2.32. The summed E-state index contributed by atoms with van der Waals surface area (Å²) in [6.07, 6.45) is 7.75. The maximum absolute atomic E-state index is 12.8. The van der Waals surface area contributed by atoms with Crippen LogP contribution in [0.15, 0.2) is 22.8 Å². The van der Waals surface area contributed by atoms with Crippen LogP contribution in [0.2, 0.25) is 0 Å². The van der Waals surface area contributed by atoms with Gasteiger partial charge < -0.3 is 14.6 Å². The molecule has 0 aromatic carbocycles. The van der Waals surface area contributed by atoms with Crippen LogP contribution in [-0.2, 0) is 4.79 Å². The molecule has 1 aromatic heterocycles. The molecule has 2 unspecified atom stereocenters. The number of hydrogen-bond acceptors (Lipinski definition) is 4. The van der Waals surface area contributed by atoms with Gasteiger partial charge in [-0.15, -0.1) is 0 Å². The summed E-state index contributed by atoms with van der Waals surface area (Å²) < 4.78 is 5.11. The van der Waals surface area contributed by atoms with Gasteiger partial charge in [0, 0.05) is 18.6 Å². The number of fused-ring (bicyclic) bond motifs is 1. The van der Waals surface area contributed by atoms with Crippen molar-refractivity contribution in [2.24, 2.45) is 0 Å². The van der Waals surface area contributed by atoms with Crippen molar-refractivity contribution in [2.75, 3.05) is 6.54 Å². The van der Waals surface area contributed by atoms with Crippen LogP contribution in [-0.4, -0.2) is 52.3 Å². The van der Waals surface area contributed by atoms with E-state index in [-0.39, 0.29) is 35.7 Å². The third kappa shape index (κ3) is 2.92. The first-order valence-corrected chi connectivity index (χ1v) is 9.13. The molecule has 2 atom stereocenters. The second-order valence-electron chi connectivity index (χ2n) is 7.16. The molecule has 7 nitrogen and oxygen atoms in total. The number of urea groups is 1. The Morgan fingerprint density at radius 1 is 1.16 bits per heavy atom. The summed E-state index contributed by atoms with van der Waals surface area (Å²) in [5.41, 5.74) is 0. The Morgan fingerprint density at radius 3 is 2.68 bits per heavy atom. The third-order valence-electron chi connectivity index (χ3n) is 5.60. The van der Waals surface area contributed by atoms with Crippen molar-refractivity contribution >= 4 is 17.8 Å². The highest BCUT2D eigenvalue weighted by Crippen LogP contribution is 2.32. The van der Waals surface area contributed by atoms with Crippen molar-refractivity contribution in [3.8, 4) is 0 Å². The van der Waals surface area contributed by atoms with Gasteiger partial charge in [-0.3, -0.25) is 14.5 Å². The SMILES string of the molecule is O=C(NC1CCN2C(=O)N(C3CCCCC3)C(=O)C2C1)c1ccco1. The Hall–Kier alpha value is -2.31. The maximum atomic E-state index is 12.8. The van der Waals surface area contributed by atoms with E-state index in [0.29, 0.717) is 19.4 Å². The molecule has 1 saturated carbocycles. The van der Waals surface area contributed by atoms with Gasteiger partial charge in [0.15, 0.2) is 5.76 Å². The van der Waals surface area contributed by atoms with E-state index in [1.807, 2.05) is 0 Å². The van der Waals surface area contributed by atoms with Crippen LogP contribution in [0.1, 0.15) is 55.5 Å². The van der Waals surface area contributed by atoms with Crippen molar-refractivity contribution in [2.45, 2.75) is 63.1 Å². The Bertz CT molecular complexity index is 666. The molecule has 3 heterocycles. The standard InChI is InChI=1S/C18H23N3O4/c22-16(15-7-4-10-25-15)19-12-8-9-20-14(11-12)17(23)21(18(20)24)13-5-2-1-3-6-13/h4,7,10,12-14H,1-3,5-6,8-9,11H2,(H,19,22). The normalized spacial score (nSPS) is 27.5. The number of nitrogens with one attached hydrogen (secondary N) is 1. The fraction of sp³-hybridized carbons (Fsp3) is 0.611. The van der Waals surface area contributed by atoms with Crippen LogP contribution >= 0.6 is 0 Å². The minimum absolute atomic E-state index is 0.0514. The van der Waals surface area contributed by atoms with Crippen molar-refractivity contribution in [3.05, 3.63) is 24.2 Å². The molecule has 2 saturated heterocycles. The van der Waals surface area contributed by atoms with Crippen LogP contribution < -0.4 is 5.32 Å². The van der Waals surface area contributed by atoms with E-state index in [4.69, 9.17) is 4.42 Å². The number of carbonyl (C=O) groups is 3. The average Bonchev–Trinajstić information content (AvgIpc) is 3.24. The molecule has 3 fully saturated rings. The minimum Gasteiger partial charge on any atom is -0.459 e. The zero-order chi connectivity index (χ0) is 17.4. The van der Waals surface area contributed by atoms with Crippen molar-refractivity contribution < 1.29 is 18.8 Å². The Labute approximate surface area is 146 Å². The van der Waals surface area contributed by atoms with Gasteiger partial charge in [-0.25, -0.2) is 4.79 Å². The molecule has 4 rings (SSSR count). The second-order valence-corrected chi connectivity index (χ2v) is 7.16. The molecular weight excluding hydrogens is 322 g/mol. The Morgan fingerprint density at radius 2 is 1.96 bits per heavy atom. The highest BCUT2D eigenvalue weighted by atomic mass is 16.3. The summed E-state index contributed by atoms with van der Waals surface area (Å²) in [6, 6.07) is 2.62. The highest BCUT2D eigenvalue weighted by Gasteiger charge is 2.50. The van der Waals surface area contributed by atoms with E-state index in [0.717, 1.165) is 25.7 Å². The van der Waals surface area contributed by atoms with Gasteiger partial charge in [0.25, 0.3) is 11.8 Å². The average molecular weight is 345 g/mol. The van der Waals surface area contributed by atoms with Crippen LogP contribution in [0.4, 0.5) is 4.79 Å². The van der Waals surface area contributed by atoms with E-state index >= 15 is 0 Å². The molecule has 4 amide bonds. The van der Waals surface area contributed by atoms with Crippen LogP contribution in [0, 0.1) is 0 Å². The quantitative estimate of drug-likeness (QED) is 0.851. The van der Waals surface area contributed by atoms with Gasteiger partial charge in [0.05, 0.1) is 6.26 Å². The van der Waals surface area contributed by atoms with E-state index in [2.05, 4.69) is 5.32 Å². The molecule has 1 N–H and O–H groups in total. The number of amides is 4. The maximum Gasteiger partial charge on any atom is 0.327 e. The fourth-order valence-corrected chi connectivity index (χ4v) is 4.29. The molecule has 0 radical (unpaired) electrons. The van der Waals surface area contributed by atoms with E-state index < -0.39 is 6.04 Å². The predicted octanol–water partition coefficient (Wildman–Crippen LogP) is 2.14. The monoisotopic (exact) mass is 345 g/mol. The fourth-order valence-electron chi connectivity index (χ4n) is 4.29. The molecule has 2 aliphatic heterocycles. The molecule has 0 spiro atoms. The molecule has 134 valence electrons. The first-order valence-electron chi connectivity index (χ1n) is 9.13. The molecule has 0 bridgehead atoms. The zero-order valence-corrected chi connectivity index (χ0v) is 14.1. The Kier molecular flexibility index (Phi) is 4.23. The number of rotatable bonds is 3. The van der Waals surface area contributed by atoms with Gasteiger partial charge in [-0.1, -0.05) is 19.3 Å². The highest BCUT2D eigenvalue weighted by molar-refractivity contribution is 6.04. The lowest BCUT2D eigenvalue weighted by atomic mass is 9.93. The number of furan rings is 1. The van der Waals surface area contributed by atoms with Crippen molar-refractivity contribution in [1.82, 2.24) is 15.1 Å². The summed E-state index contributed by atoms with van der Waals surface area (Å²) in [5, 5.41) is 2.92. The molecule has 7 heteroatoms. The van der Waals surface area contributed by atoms with Crippen LogP contribution in [0.3, 0.4) is 0 Å². The molecule has 1 aromatic rings. The topological polar surface area (TPSA) is 82.9 Å². The molecular formula is C18H23N3O4. The van der Waals surface area contributed by atoms with Crippen molar-refractivity contribution in [1.29, 1.82) is 0 Å². The summed E-state index contributed by atoms with van der Waals surface area (Å²) in [5.74, 6) is -0.0988. The summed E-state index contributed by atoms with van der Waals surface area (Å²) in [7, 11) is 0. The second kappa shape index (κ2) is 6.54. The van der Waals surface area contributed by atoms with Gasteiger partial charge in [0.2, 0.25) is 0 Å². The number of piperidine rings is 1. The summed E-state index contributed by atoms with van der Waals surface area (Å²) >= 11 is 0. The zero-order valence-electron chi connectivity index (χ0n) is 14.1. The third-order valence-corrected chi connectivity index (χ3v) is 5.60. The number of nitrogens with zero attached hydrogens (tertiary/aromatic N) is 2. The van der Waals surface area contributed by atoms with Gasteiger partial charge in [-0.2, -0.15) is 0 Å². The number of carbonyl (C=O) groups excluding carboxylic acids is 3. The number of imide groups is 1. The first kappa shape index (κ1) is 16.2. The minimum atomic E-state index is -0.440. The van der Waals surface area contributed by atoms with E-state index in [9.17, 15) is 14.4 Å². The van der Waals surface area contributed by atoms with E-state index in [1.54, 1.807) is 17.0 Å². The molecule has 25 heavy (non-hydrogen) atoms. The lowest BCUT2D eigenvalue weighted by Crippen LogP contribution is -2.49. The van der Waals surface area contributed by atoms with E-state index in [1.165, 1.54) is 17.6 Å². The Balaban J connectivity index is 1.43. The van der Waals surface area contributed by atoms with Gasteiger partial charge in [0.1, 0.15) is 6.04 Å². The van der Waals surface area contributed by atoms with Gasteiger partial charge >= 0.3 is 6.03 Å². The van der Waals surface area contributed by atoms with Crippen molar-refractivity contribution in [3.63, 3.8) is 0 Å². The summed E-state index contributed by atoms with van der Waals surface area (Å²) in [4.78, 5) is 40.9. The largest absolute Gasteiger partial charge is 0.459 e. The van der Waals surface area contributed by atoms with Crippen LogP contribution in [0.25, 0.3) is 0 Å². The van der Waals surface area contributed by atoms with Crippen LogP contribution in [0.5, 0.6) is 0 Å².